The Bertz CT molecular complexity index is 2220. The Morgan fingerprint density at radius 1 is 0.775 bits per heavy atom. The van der Waals surface area contributed by atoms with Gasteiger partial charge in [0.15, 0.2) is 5.96 Å². The number of aliphatic hydroxyl groups excluding tert-OH is 2. The van der Waals surface area contributed by atoms with Crippen LogP contribution in [0.4, 0.5) is 4.39 Å². The molecule has 1 aliphatic heterocycles. The van der Waals surface area contributed by atoms with Gasteiger partial charge in [-0.2, -0.15) is 0 Å². The lowest BCUT2D eigenvalue weighted by atomic mass is 10.1. The number of likely N-dealkylation sites (tertiary alicyclic amines) is 1. The number of aromatic amines is 1. The van der Waals surface area contributed by atoms with Gasteiger partial charge in [-0.25, -0.2) is 14.4 Å². The van der Waals surface area contributed by atoms with Crippen molar-refractivity contribution in [2.24, 2.45) is 45.1 Å². The Kier molecular flexibility index (Phi) is 33.2. The third-order valence-corrected chi connectivity index (χ3v) is 12.3. The van der Waals surface area contributed by atoms with E-state index in [1.165, 1.54) is 18.6 Å². The number of halogens is 1. The molecule has 1 aromatic heterocycles. The number of carbonyl (C=O) groups is 9. The summed E-state index contributed by atoms with van der Waals surface area (Å²) in [5.74, 6) is -8.55. The van der Waals surface area contributed by atoms with Gasteiger partial charge in [-0.1, -0.05) is 6.08 Å². The number of carbonyl (C=O) groups excluding carboxylic acids is 9. The molecule has 0 saturated carbocycles. The van der Waals surface area contributed by atoms with Crippen molar-refractivity contribution in [1.29, 1.82) is 5.41 Å². The summed E-state index contributed by atoms with van der Waals surface area (Å²) in [6.45, 7) is -0.910. The zero-order valence-electron chi connectivity index (χ0n) is 45.2. The lowest BCUT2D eigenvalue weighted by Crippen LogP contribution is -2.57. The number of guanidine groups is 1. The van der Waals surface area contributed by atoms with Crippen LogP contribution in [0.2, 0.25) is 0 Å². The molecule has 9 amide bonds. The lowest BCUT2D eigenvalue weighted by Gasteiger charge is -2.27. The number of aliphatic hydroxyl groups is 2. The third kappa shape index (κ3) is 25.8. The van der Waals surface area contributed by atoms with E-state index in [9.17, 15) is 53.4 Å². The molecule has 32 heteroatoms. The first-order chi connectivity index (χ1) is 38.2. The summed E-state index contributed by atoms with van der Waals surface area (Å²) in [7, 11) is 0. The Balaban J connectivity index is 2.45. The monoisotopic (exact) mass is 1140 g/mol. The summed E-state index contributed by atoms with van der Waals surface area (Å²) >= 11 is 0. The van der Waals surface area contributed by atoms with Gasteiger partial charge in [0.05, 0.1) is 38.0 Å². The van der Waals surface area contributed by atoms with E-state index in [-0.39, 0.29) is 76.4 Å². The highest BCUT2D eigenvalue weighted by atomic mass is 19.1. The fourth-order valence-electron chi connectivity index (χ4n) is 7.94. The van der Waals surface area contributed by atoms with Gasteiger partial charge in [-0.05, 0) is 96.8 Å². The van der Waals surface area contributed by atoms with Crippen molar-refractivity contribution in [2.45, 2.75) is 138 Å². The maximum absolute atomic E-state index is 15.4. The van der Waals surface area contributed by atoms with E-state index in [1.807, 2.05) is 0 Å². The third-order valence-electron chi connectivity index (χ3n) is 12.3. The van der Waals surface area contributed by atoms with Crippen molar-refractivity contribution in [1.82, 2.24) is 57.4 Å². The van der Waals surface area contributed by atoms with Crippen LogP contribution in [0, 0.1) is 5.41 Å². The van der Waals surface area contributed by atoms with Crippen LogP contribution in [0.15, 0.2) is 29.3 Å². The fourth-order valence-corrected chi connectivity index (χ4v) is 7.94. The van der Waals surface area contributed by atoms with Crippen molar-refractivity contribution in [3.8, 4) is 0 Å². The minimum absolute atomic E-state index is 0.00814. The van der Waals surface area contributed by atoms with Gasteiger partial charge in [-0.15, -0.1) is 0 Å². The van der Waals surface area contributed by atoms with E-state index < -0.39 is 140 Å². The molecule has 0 spiro atoms. The maximum Gasteiger partial charge on any atom is 0.269 e. The number of nitrogens with two attached hydrogens (primary N) is 7. The van der Waals surface area contributed by atoms with Crippen LogP contribution in [0.1, 0.15) is 89.2 Å². The molecule has 26 N–H and O–H groups in total. The number of H-pyrrole nitrogens is 1. The summed E-state index contributed by atoms with van der Waals surface area (Å²) in [4.78, 5) is 134. The average molecular weight is 1140 g/mol. The van der Waals surface area contributed by atoms with E-state index in [4.69, 9.17) is 45.5 Å². The SMILES string of the molecule is N=C(N)NCC/C=C(\NC(=O)[C@H](CCCCN)NC(=O)[C@H](Cc1cnc[nH]1)NC(=O)[C@@H]1C[C@@H](F)CN1C(=O)/C(CCCN)=N/C(=O)CNC(=O)[C@@H](NC(=O)C[C@@H](O)CN)[C@@H](O)CN)C(=O)N[C@@H](CCCCN)C(=O)NCCCCN. The highest BCUT2D eigenvalue weighted by Crippen LogP contribution is 2.23. The molecule has 2 rings (SSSR count). The summed E-state index contributed by atoms with van der Waals surface area (Å²) in [6, 6.07) is -7.20. The van der Waals surface area contributed by atoms with Crippen molar-refractivity contribution < 1.29 is 57.8 Å². The predicted octanol–water partition coefficient (Wildman–Crippen LogP) is -7.33. The molecule has 80 heavy (non-hydrogen) atoms. The molecule has 450 valence electrons. The van der Waals surface area contributed by atoms with E-state index in [1.54, 1.807) is 0 Å². The topological polar surface area (TPSA) is 541 Å². The molecule has 0 aliphatic carbocycles. The Labute approximate surface area is 463 Å². The molecule has 0 aromatic carbocycles. The van der Waals surface area contributed by atoms with Crippen LogP contribution in [-0.4, -0.2) is 204 Å². The minimum atomic E-state index is -1.77. The highest BCUT2D eigenvalue weighted by Gasteiger charge is 2.43. The number of nitrogens with zero attached hydrogens (tertiary/aromatic N) is 3. The first-order valence-electron chi connectivity index (χ1n) is 26.7. The zero-order chi connectivity index (χ0) is 59.6. The number of rotatable bonds is 39. The molecule has 0 unspecified atom stereocenters. The number of hydrogen-bond donors (Lipinski definition) is 19. The van der Waals surface area contributed by atoms with Crippen LogP contribution in [0.3, 0.4) is 0 Å². The van der Waals surface area contributed by atoms with Gasteiger partial charge in [-0.3, -0.25) is 48.6 Å². The standard InChI is InChI=1S/C48H85FN20O11/c49-28-19-36(69(26-28)47(80)34(11-7-16-53)63-39(73)25-61-46(79)40(37(71)23-55)68-38(72)21-30(70)22-54)45(78)67-35(20-29-24-58-27-62-29)44(77)66-32(10-2-4-14-51)42(75)65-33(12-8-18-60-48(56)57)43(76)64-31(9-1-3-13-50)41(74)59-17-6-5-15-52/h12,24,27-28,30-32,35-37,40,70-71H,1-11,13-23,25-26,50-55H2,(H,58,62)(H,59,74)(H,61,79)(H,64,76)(H,65,75)(H,66,77)(H,67,78)(H,68,72)(H4,56,57,60)/b33-12-,63-34+/t28-,30-,31+,32+,35+,36+,37+,40+/m1/s1. The van der Waals surface area contributed by atoms with E-state index in [2.05, 4.69) is 57.5 Å². The number of nitrogens with one attached hydrogen (secondary N) is 10. The molecule has 1 saturated heterocycles. The molecule has 1 fully saturated rings. The highest BCUT2D eigenvalue weighted by molar-refractivity contribution is 6.40. The van der Waals surface area contributed by atoms with Crippen molar-refractivity contribution in [2.75, 3.05) is 65.4 Å². The molecule has 1 aromatic rings. The van der Waals surface area contributed by atoms with Gasteiger partial charge in [0.1, 0.15) is 47.8 Å². The maximum atomic E-state index is 15.4. The average Bonchev–Trinajstić information content (AvgIpc) is 4.10. The second-order valence-corrected chi connectivity index (χ2v) is 18.8. The number of amides is 9. The smallest absolute Gasteiger partial charge is 0.269 e. The summed E-state index contributed by atoms with van der Waals surface area (Å²) in [6.07, 6.45) is 1.14. The molecule has 31 nitrogen and oxygen atoms in total. The largest absolute Gasteiger partial charge is 0.391 e. The summed E-state index contributed by atoms with van der Waals surface area (Å²) in [5, 5.41) is 47.8. The first kappa shape index (κ1) is 69.0. The van der Waals surface area contributed by atoms with Crippen molar-refractivity contribution in [3.63, 3.8) is 0 Å². The van der Waals surface area contributed by atoms with Gasteiger partial charge in [0, 0.05) is 50.9 Å². The fraction of sp³-hybridized carbons (Fsp3) is 0.667. The van der Waals surface area contributed by atoms with Gasteiger partial charge >= 0.3 is 0 Å². The van der Waals surface area contributed by atoms with Crippen molar-refractivity contribution in [3.05, 3.63) is 30.0 Å². The molecule has 2 heterocycles. The molecule has 1 aliphatic rings. The number of unbranched alkanes of at least 4 members (excludes halogenated alkanes) is 3. The van der Waals surface area contributed by atoms with E-state index in [0.29, 0.717) is 63.9 Å². The predicted molar refractivity (Wildman–Crippen MR) is 291 cm³/mol. The number of imidazole rings is 1. The van der Waals surface area contributed by atoms with Crippen LogP contribution in [0.25, 0.3) is 0 Å². The van der Waals surface area contributed by atoms with Gasteiger partial charge in [0.2, 0.25) is 35.4 Å². The van der Waals surface area contributed by atoms with E-state index >= 15 is 4.39 Å². The van der Waals surface area contributed by atoms with Crippen LogP contribution in [0.5, 0.6) is 0 Å². The second kappa shape index (κ2) is 38.5. The van der Waals surface area contributed by atoms with Crippen LogP contribution in [-0.2, 0) is 49.6 Å². The quantitative estimate of drug-likeness (QED) is 0.0126. The number of hydrogen-bond acceptors (Lipinski definition) is 19. The van der Waals surface area contributed by atoms with Crippen molar-refractivity contribution >= 4 is 64.8 Å². The van der Waals surface area contributed by atoms with E-state index in [0.717, 1.165) is 4.90 Å². The van der Waals surface area contributed by atoms with Crippen LogP contribution < -0.4 is 82.7 Å². The number of alkyl halides is 1. The van der Waals surface area contributed by atoms with Gasteiger partial charge < -0.3 is 103 Å². The second-order valence-electron chi connectivity index (χ2n) is 18.8. The summed E-state index contributed by atoms with van der Waals surface area (Å²) in [5.41, 5.74) is 38.6. The van der Waals surface area contributed by atoms with Crippen LogP contribution >= 0.6 is 0 Å². The molecular weight excluding hydrogens is 1050 g/mol. The first-order valence-corrected chi connectivity index (χ1v) is 26.7. The Hall–Kier alpha value is -7.07. The molecule has 8 atom stereocenters. The number of aromatic nitrogens is 2. The number of aliphatic imine (C=N–C) groups is 1. The summed E-state index contributed by atoms with van der Waals surface area (Å²) < 4.78 is 15.4. The molecule has 0 radical (unpaired) electrons. The molecular formula is C48H85FN20O11. The Morgan fingerprint density at radius 3 is 2.02 bits per heavy atom. The van der Waals surface area contributed by atoms with Gasteiger partial charge in [0.25, 0.3) is 17.7 Å². The minimum Gasteiger partial charge on any atom is -0.391 e. The molecule has 0 bridgehead atoms. The normalized spacial score (nSPS) is 16.7. The zero-order valence-corrected chi connectivity index (χ0v) is 45.2. The lowest BCUT2D eigenvalue weighted by molar-refractivity contribution is -0.136. The Morgan fingerprint density at radius 2 is 1.43 bits per heavy atom.